The Morgan fingerprint density at radius 3 is 2.24 bits per heavy atom. The fraction of sp³-hybridized carbons (Fsp3) is 0.444. The molecule has 3 rings (SSSR count). The standard InChI is InChI=1S/C18H25N2O15P3/c1-11-4-2-3-5-12(11)6-8-19-14(21)7-9-20(18(19)24)17-16(23)15(22)13(33-17)10-32-37(28,29)35-38(30,31)34-36(25,26)27/h2-5,7,9,13,15-17,22-23H,6,8,10H2,1H3,(H,28,29)(H,30,31)(H2,25,26,27)/t13-,15+,16+,17-/m1/s1. The highest BCUT2D eigenvalue weighted by Crippen LogP contribution is 2.66. The van der Waals surface area contributed by atoms with E-state index in [2.05, 4.69) is 13.1 Å². The topological polar surface area (TPSA) is 254 Å². The Bertz CT molecular complexity index is 1420. The van der Waals surface area contributed by atoms with Gasteiger partial charge in [0.05, 0.1) is 6.61 Å². The lowest BCUT2D eigenvalue weighted by Gasteiger charge is -2.19. The number of aliphatic hydroxyl groups is 2. The van der Waals surface area contributed by atoms with Gasteiger partial charge in [0.1, 0.15) is 18.3 Å². The van der Waals surface area contributed by atoms with Crippen LogP contribution >= 0.6 is 23.5 Å². The summed E-state index contributed by atoms with van der Waals surface area (Å²) < 4.78 is 52.7. The monoisotopic (exact) mass is 602 g/mol. The number of aryl methyl sites for hydroxylation is 2. The van der Waals surface area contributed by atoms with Gasteiger partial charge in [0.2, 0.25) is 0 Å². The first kappa shape index (κ1) is 30.7. The molecule has 1 saturated heterocycles. The second kappa shape index (κ2) is 11.7. The predicted octanol–water partition coefficient (Wildman–Crippen LogP) is -0.476. The molecule has 6 atom stereocenters. The van der Waals surface area contributed by atoms with Crippen LogP contribution in [-0.2, 0) is 44.5 Å². The van der Waals surface area contributed by atoms with Gasteiger partial charge in [0.25, 0.3) is 5.56 Å². The van der Waals surface area contributed by atoms with Gasteiger partial charge in [-0.05, 0) is 24.5 Å². The molecule has 2 heterocycles. The molecule has 0 amide bonds. The van der Waals surface area contributed by atoms with Gasteiger partial charge in [0.15, 0.2) is 6.23 Å². The fourth-order valence-electron chi connectivity index (χ4n) is 3.62. The fourth-order valence-corrected chi connectivity index (χ4v) is 6.65. The van der Waals surface area contributed by atoms with Crippen LogP contribution in [0.5, 0.6) is 0 Å². The van der Waals surface area contributed by atoms with E-state index < -0.39 is 65.9 Å². The number of phosphoric acid groups is 3. The van der Waals surface area contributed by atoms with Crippen molar-refractivity contribution in [2.75, 3.05) is 6.61 Å². The van der Waals surface area contributed by atoms with Gasteiger partial charge in [-0.2, -0.15) is 8.62 Å². The van der Waals surface area contributed by atoms with Crippen molar-refractivity contribution >= 4 is 23.5 Å². The average molecular weight is 602 g/mol. The molecular weight excluding hydrogens is 577 g/mol. The maximum atomic E-state index is 13.0. The van der Waals surface area contributed by atoms with E-state index in [4.69, 9.17) is 14.5 Å². The molecule has 1 aromatic carbocycles. The summed E-state index contributed by atoms with van der Waals surface area (Å²) in [5.41, 5.74) is 0.342. The van der Waals surface area contributed by atoms with Crippen molar-refractivity contribution in [1.82, 2.24) is 9.13 Å². The molecule has 2 aromatic rings. The summed E-state index contributed by atoms with van der Waals surface area (Å²) in [6.45, 7) is 0.804. The number of hydrogen-bond acceptors (Lipinski definition) is 11. The van der Waals surface area contributed by atoms with Gasteiger partial charge in [-0.25, -0.2) is 18.5 Å². The molecule has 20 heteroatoms. The average Bonchev–Trinajstić information content (AvgIpc) is 3.05. The molecule has 6 N–H and O–H groups in total. The summed E-state index contributed by atoms with van der Waals surface area (Å²) in [5, 5.41) is 20.7. The summed E-state index contributed by atoms with van der Waals surface area (Å²) in [5.74, 6) is 0. The number of aliphatic hydroxyl groups excluding tert-OH is 2. The molecule has 1 fully saturated rings. The van der Waals surface area contributed by atoms with Crippen molar-refractivity contribution < 1.29 is 61.4 Å². The first-order valence-corrected chi connectivity index (χ1v) is 15.2. The molecule has 0 aliphatic carbocycles. The second-order valence-electron chi connectivity index (χ2n) is 8.10. The van der Waals surface area contributed by atoms with Gasteiger partial charge in [0, 0.05) is 18.8 Å². The number of phosphoric ester groups is 1. The minimum atomic E-state index is -5.77. The van der Waals surface area contributed by atoms with Crippen molar-refractivity contribution in [3.05, 3.63) is 68.5 Å². The minimum absolute atomic E-state index is 0.00972. The highest BCUT2D eigenvalue weighted by Gasteiger charge is 2.46. The van der Waals surface area contributed by atoms with Crippen LogP contribution in [0.25, 0.3) is 0 Å². The summed E-state index contributed by atoms with van der Waals surface area (Å²) in [7, 11) is -16.9. The minimum Gasteiger partial charge on any atom is -0.387 e. The van der Waals surface area contributed by atoms with E-state index in [0.717, 1.165) is 32.5 Å². The molecule has 17 nitrogen and oxygen atoms in total. The molecule has 212 valence electrons. The Morgan fingerprint density at radius 1 is 0.947 bits per heavy atom. The van der Waals surface area contributed by atoms with E-state index in [0.29, 0.717) is 6.42 Å². The molecule has 0 radical (unpaired) electrons. The summed E-state index contributed by atoms with van der Waals surface area (Å²) in [6, 6.07) is 8.39. The zero-order valence-electron chi connectivity index (χ0n) is 19.5. The normalized spacial score (nSPS) is 25.1. The highest BCUT2D eigenvalue weighted by atomic mass is 31.3. The van der Waals surface area contributed by atoms with E-state index in [9.17, 15) is 43.3 Å². The molecule has 2 unspecified atom stereocenters. The summed E-state index contributed by atoms with van der Waals surface area (Å²) in [4.78, 5) is 61.2. The number of hydrogen-bond donors (Lipinski definition) is 6. The maximum Gasteiger partial charge on any atom is 0.490 e. The Hall–Kier alpha value is -1.81. The number of aromatic nitrogens is 2. The highest BCUT2D eigenvalue weighted by molar-refractivity contribution is 7.66. The first-order valence-electron chi connectivity index (χ1n) is 10.7. The van der Waals surface area contributed by atoms with Crippen molar-refractivity contribution in [3.8, 4) is 0 Å². The molecule has 0 spiro atoms. The number of ether oxygens (including phenoxy) is 1. The Balaban J connectivity index is 1.72. The van der Waals surface area contributed by atoms with E-state index >= 15 is 0 Å². The van der Waals surface area contributed by atoms with Gasteiger partial charge in [-0.15, -0.1) is 0 Å². The maximum absolute atomic E-state index is 13.0. The van der Waals surface area contributed by atoms with Crippen LogP contribution in [-0.4, -0.2) is 63.8 Å². The molecule has 0 saturated carbocycles. The second-order valence-corrected chi connectivity index (χ2v) is 12.5. The van der Waals surface area contributed by atoms with E-state index in [1.165, 1.54) is 0 Å². The molecule has 1 aromatic heterocycles. The third-order valence-corrected chi connectivity index (χ3v) is 9.19. The Labute approximate surface area is 213 Å². The van der Waals surface area contributed by atoms with Gasteiger partial charge >= 0.3 is 29.2 Å². The zero-order valence-corrected chi connectivity index (χ0v) is 22.2. The lowest BCUT2D eigenvalue weighted by molar-refractivity contribution is -0.0548. The number of rotatable bonds is 11. The Kier molecular flexibility index (Phi) is 9.49. The molecule has 1 aliphatic rings. The Morgan fingerprint density at radius 2 is 1.61 bits per heavy atom. The number of benzene rings is 1. The molecule has 0 bridgehead atoms. The molecule has 38 heavy (non-hydrogen) atoms. The third kappa shape index (κ3) is 7.87. The predicted molar refractivity (Wildman–Crippen MR) is 126 cm³/mol. The van der Waals surface area contributed by atoms with Gasteiger partial charge < -0.3 is 34.5 Å². The first-order chi connectivity index (χ1) is 17.5. The SMILES string of the molecule is Cc1ccccc1CCn1c(=O)ccn([C@@H]2O[C@H](COP(=O)(O)OP(=O)(O)OP(=O)(O)O)[C@H](O)[C@@H]2O)c1=O. The smallest absolute Gasteiger partial charge is 0.387 e. The molecular formula is C18H25N2O15P3. The largest absolute Gasteiger partial charge is 0.490 e. The van der Waals surface area contributed by atoms with Crippen molar-refractivity contribution in [2.24, 2.45) is 0 Å². The lowest BCUT2D eigenvalue weighted by Crippen LogP contribution is -2.43. The number of nitrogens with zero attached hydrogens (tertiary/aromatic N) is 2. The quantitative estimate of drug-likeness (QED) is 0.178. The zero-order chi connectivity index (χ0) is 28.5. The van der Waals surface area contributed by atoms with E-state index in [1.807, 2.05) is 25.1 Å². The molecule has 1 aliphatic heterocycles. The van der Waals surface area contributed by atoms with Gasteiger partial charge in [-0.1, -0.05) is 24.3 Å². The van der Waals surface area contributed by atoms with Crippen LogP contribution in [0.2, 0.25) is 0 Å². The van der Waals surface area contributed by atoms with Gasteiger partial charge in [-0.3, -0.25) is 18.5 Å². The van der Waals surface area contributed by atoms with Crippen LogP contribution in [0.15, 0.2) is 46.1 Å². The van der Waals surface area contributed by atoms with Crippen LogP contribution < -0.4 is 11.2 Å². The van der Waals surface area contributed by atoms with Crippen molar-refractivity contribution in [1.29, 1.82) is 0 Å². The van der Waals surface area contributed by atoms with E-state index in [1.54, 1.807) is 6.07 Å². The van der Waals surface area contributed by atoms with E-state index in [-0.39, 0.29) is 6.54 Å². The van der Waals surface area contributed by atoms with Crippen LogP contribution in [0, 0.1) is 6.92 Å². The summed E-state index contributed by atoms with van der Waals surface area (Å²) >= 11 is 0. The van der Waals surface area contributed by atoms with Crippen LogP contribution in [0.4, 0.5) is 0 Å². The van der Waals surface area contributed by atoms with Crippen molar-refractivity contribution in [2.45, 2.75) is 44.4 Å². The van der Waals surface area contributed by atoms with Crippen LogP contribution in [0.1, 0.15) is 17.4 Å². The van der Waals surface area contributed by atoms with Crippen LogP contribution in [0.3, 0.4) is 0 Å². The lowest BCUT2D eigenvalue weighted by atomic mass is 10.1. The summed E-state index contributed by atoms with van der Waals surface area (Å²) in [6.07, 6.45) is -5.40. The third-order valence-electron chi connectivity index (χ3n) is 5.39. The van der Waals surface area contributed by atoms with Crippen molar-refractivity contribution in [3.63, 3.8) is 0 Å².